The first-order valence-electron chi connectivity index (χ1n) is 6.09. The van der Waals surface area contributed by atoms with Crippen molar-refractivity contribution in [2.45, 2.75) is 19.7 Å². The molecule has 3 heteroatoms. The van der Waals surface area contributed by atoms with E-state index in [1.54, 1.807) is 6.20 Å². The molecular formula is C15H17ClN2. The van der Waals surface area contributed by atoms with Gasteiger partial charge in [-0.3, -0.25) is 4.98 Å². The number of anilines is 2. The molecule has 94 valence electrons. The molecule has 0 atom stereocenters. The summed E-state index contributed by atoms with van der Waals surface area (Å²) >= 11 is 6.00. The Morgan fingerprint density at radius 1 is 1.28 bits per heavy atom. The molecule has 0 saturated heterocycles. The zero-order chi connectivity index (χ0) is 13.0. The molecule has 0 aliphatic carbocycles. The third-order valence-corrected chi connectivity index (χ3v) is 3.24. The Kier molecular flexibility index (Phi) is 4.21. The molecule has 0 fully saturated rings. The number of halogens is 1. The number of pyridine rings is 1. The Morgan fingerprint density at radius 2 is 2.11 bits per heavy atom. The molecule has 0 saturated carbocycles. The van der Waals surface area contributed by atoms with E-state index in [0.717, 1.165) is 17.8 Å². The second-order valence-corrected chi connectivity index (χ2v) is 4.49. The minimum absolute atomic E-state index is 0.500. The Hall–Kier alpha value is -1.54. The average molecular weight is 261 g/mol. The van der Waals surface area contributed by atoms with Gasteiger partial charge in [0.1, 0.15) is 0 Å². The lowest BCUT2D eigenvalue weighted by Gasteiger charge is -2.25. The number of nitrogens with zero attached hydrogens (tertiary/aromatic N) is 2. The molecule has 0 radical (unpaired) electrons. The molecule has 2 nitrogen and oxygen atoms in total. The molecule has 0 amide bonds. The second-order valence-electron chi connectivity index (χ2n) is 4.22. The molecule has 0 aliphatic heterocycles. The van der Waals surface area contributed by atoms with Crippen molar-refractivity contribution in [3.05, 3.63) is 53.9 Å². The van der Waals surface area contributed by atoms with Gasteiger partial charge in [0.15, 0.2) is 0 Å². The monoisotopic (exact) mass is 260 g/mol. The first-order valence-corrected chi connectivity index (χ1v) is 6.62. The van der Waals surface area contributed by atoms with Crippen molar-refractivity contribution >= 4 is 23.0 Å². The minimum atomic E-state index is 0.500. The first-order chi connectivity index (χ1) is 8.76. The molecule has 2 rings (SSSR count). The van der Waals surface area contributed by atoms with E-state index in [9.17, 15) is 0 Å². The molecule has 0 bridgehead atoms. The highest BCUT2D eigenvalue weighted by Crippen LogP contribution is 2.28. The number of hydrogen-bond donors (Lipinski definition) is 0. The van der Waals surface area contributed by atoms with Crippen LogP contribution in [0.25, 0.3) is 0 Å². The van der Waals surface area contributed by atoms with E-state index < -0.39 is 0 Å². The normalized spacial score (nSPS) is 10.4. The number of alkyl halides is 1. The SMILES string of the molecule is CCN(c1cccc(C)c1)c1cnccc1CCl. The average Bonchev–Trinajstić information content (AvgIpc) is 2.40. The highest BCUT2D eigenvalue weighted by molar-refractivity contribution is 6.17. The van der Waals surface area contributed by atoms with Crippen molar-refractivity contribution in [2.75, 3.05) is 11.4 Å². The third kappa shape index (κ3) is 2.65. The van der Waals surface area contributed by atoms with E-state index in [4.69, 9.17) is 11.6 Å². The molecular weight excluding hydrogens is 244 g/mol. The zero-order valence-corrected chi connectivity index (χ0v) is 11.5. The van der Waals surface area contributed by atoms with Crippen molar-refractivity contribution in [3.8, 4) is 0 Å². The van der Waals surface area contributed by atoms with Crippen LogP contribution in [0, 0.1) is 6.92 Å². The largest absolute Gasteiger partial charge is 0.340 e. The second kappa shape index (κ2) is 5.87. The Balaban J connectivity index is 2.45. The molecule has 1 aromatic carbocycles. The van der Waals surface area contributed by atoms with Crippen LogP contribution >= 0.6 is 11.6 Å². The maximum Gasteiger partial charge on any atom is 0.0641 e. The van der Waals surface area contributed by atoms with Crippen LogP contribution in [0.1, 0.15) is 18.1 Å². The molecule has 0 spiro atoms. The van der Waals surface area contributed by atoms with Gasteiger partial charge in [0, 0.05) is 24.3 Å². The molecule has 0 unspecified atom stereocenters. The van der Waals surface area contributed by atoms with E-state index in [0.29, 0.717) is 5.88 Å². The third-order valence-electron chi connectivity index (χ3n) is 2.95. The van der Waals surface area contributed by atoms with Crippen LogP contribution < -0.4 is 4.90 Å². The number of aromatic nitrogens is 1. The lowest BCUT2D eigenvalue weighted by atomic mass is 10.1. The predicted octanol–water partition coefficient (Wildman–Crippen LogP) is 4.29. The van der Waals surface area contributed by atoms with Crippen molar-refractivity contribution in [1.82, 2.24) is 4.98 Å². The Morgan fingerprint density at radius 3 is 2.78 bits per heavy atom. The smallest absolute Gasteiger partial charge is 0.0641 e. The standard InChI is InChI=1S/C15H17ClN2/c1-3-18(14-6-4-5-12(2)9-14)15-11-17-8-7-13(15)10-16/h4-9,11H,3,10H2,1-2H3. The fourth-order valence-corrected chi connectivity index (χ4v) is 2.28. The quantitative estimate of drug-likeness (QED) is 0.763. The minimum Gasteiger partial charge on any atom is -0.340 e. The molecule has 1 aromatic heterocycles. The first kappa shape index (κ1) is 12.9. The molecule has 2 aromatic rings. The summed E-state index contributed by atoms with van der Waals surface area (Å²) in [5, 5.41) is 0. The summed E-state index contributed by atoms with van der Waals surface area (Å²) in [6, 6.07) is 10.4. The summed E-state index contributed by atoms with van der Waals surface area (Å²) in [6.45, 7) is 5.12. The summed E-state index contributed by atoms with van der Waals surface area (Å²) in [5.74, 6) is 0.500. The van der Waals surface area contributed by atoms with Crippen LogP contribution in [0.2, 0.25) is 0 Å². The van der Waals surface area contributed by atoms with Gasteiger partial charge in [0.25, 0.3) is 0 Å². The van der Waals surface area contributed by atoms with Crippen molar-refractivity contribution in [1.29, 1.82) is 0 Å². The van der Waals surface area contributed by atoms with Crippen LogP contribution in [-0.2, 0) is 5.88 Å². The summed E-state index contributed by atoms with van der Waals surface area (Å²) in [4.78, 5) is 6.44. The topological polar surface area (TPSA) is 16.1 Å². The zero-order valence-electron chi connectivity index (χ0n) is 10.7. The van der Waals surface area contributed by atoms with Crippen molar-refractivity contribution in [2.24, 2.45) is 0 Å². The van der Waals surface area contributed by atoms with Crippen LogP contribution in [0.4, 0.5) is 11.4 Å². The van der Waals surface area contributed by atoms with Gasteiger partial charge >= 0.3 is 0 Å². The maximum atomic E-state index is 6.00. The van der Waals surface area contributed by atoms with E-state index in [1.165, 1.54) is 11.3 Å². The van der Waals surface area contributed by atoms with Gasteiger partial charge in [0.2, 0.25) is 0 Å². The van der Waals surface area contributed by atoms with E-state index in [-0.39, 0.29) is 0 Å². The highest BCUT2D eigenvalue weighted by Gasteiger charge is 2.11. The fourth-order valence-electron chi connectivity index (χ4n) is 2.06. The van der Waals surface area contributed by atoms with Gasteiger partial charge in [-0.25, -0.2) is 0 Å². The molecule has 1 heterocycles. The van der Waals surface area contributed by atoms with Gasteiger partial charge < -0.3 is 4.90 Å². The summed E-state index contributed by atoms with van der Waals surface area (Å²) in [5.41, 5.74) is 4.62. The Bertz CT molecular complexity index is 525. The Labute approximate surface area is 113 Å². The van der Waals surface area contributed by atoms with Gasteiger partial charge in [0.05, 0.1) is 11.9 Å². The number of aryl methyl sites for hydroxylation is 1. The molecule has 0 aliphatic rings. The number of hydrogen-bond acceptors (Lipinski definition) is 2. The van der Waals surface area contributed by atoms with Crippen molar-refractivity contribution < 1.29 is 0 Å². The van der Waals surface area contributed by atoms with Gasteiger partial charge in [-0.1, -0.05) is 12.1 Å². The van der Waals surface area contributed by atoms with Crippen LogP contribution in [0.5, 0.6) is 0 Å². The van der Waals surface area contributed by atoms with E-state index in [2.05, 4.69) is 48.0 Å². The van der Waals surface area contributed by atoms with Crippen molar-refractivity contribution in [3.63, 3.8) is 0 Å². The van der Waals surface area contributed by atoms with Gasteiger partial charge in [-0.15, -0.1) is 11.6 Å². The van der Waals surface area contributed by atoms with E-state index >= 15 is 0 Å². The fraction of sp³-hybridized carbons (Fsp3) is 0.267. The highest BCUT2D eigenvalue weighted by atomic mass is 35.5. The van der Waals surface area contributed by atoms with E-state index in [1.807, 2.05) is 12.3 Å². The molecule has 18 heavy (non-hydrogen) atoms. The summed E-state index contributed by atoms with van der Waals surface area (Å²) in [6.07, 6.45) is 3.66. The van der Waals surface area contributed by atoms with Crippen LogP contribution in [-0.4, -0.2) is 11.5 Å². The lowest BCUT2D eigenvalue weighted by molar-refractivity contribution is 1.00. The lowest BCUT2D eigenvalue weighted by Crippen LogP contribution is -2.17. The number of rotatable bonds is 4. The summed E-state index contributed by atoms with van der Waals surface area (Å²) in [7, 11) is 0. The number of benzene rings is 1. The van der Waals surface area contributed by atoms with Crippen LogP contribution in [0.3, 0.4) is 0 Å². The maximum absolute atomic E-state index is 6.00. The van der Waals surface area contributed by atoms with Gasteiger partial charge in [-0.2, -0.15) is 0 Å². The predicted molar refractivity (Wildman–Crippen MR) is 77.7 cm³/mol. The summed E-state index contributed by atoms with van der Waals surface area (Å²) < 4.78 is 0. The molecule has 0 N–H and O–H groups in total. The van der Waals surface area contributed by atoms with Crippen LogP contribution in [0.15, 0.2) is 42.7 Å². The van der Waals surface area contributed by atoms with Gasteiger partial charge in [-0.05, 0) is 43.2 Å².